The first-order valence-corrected chi connectivity index (χ1v) is 9.14. The van der Waals surface area contributed by atoms with E-state index in [1.807, 2.05) is 31.0 Å². The largest absolute Gasteiger partial charge is 0.352 e. The third kappa shape index (κ3) is 2.68. The third-order valence-corrected chi connectivity index (χ3v) is 5.87. The Morgan fingerprint density at radius 1 is 1.26 bits per heavy atom. The molecular formula is C17H16N4S2. The Morgan fingerprint density at radius 3 is 2.91 bits per heavy atom. The predicted molar refractivity (Wildman–Crippen MR) is 96.9 cm³/mol. The highest BCUT2D eigenvalue weighted by molar-refractivity contribution is 7.99. The second kappa shape index (κ2) is 5.86. The molecule has 0 aliphatic rings. The molecule has 0 saturated carbocycles. The molecule has 116 valence electrons. The van der Waals surface area contributed by atoms with E-state index in [2.05, 4.69) is 50.7 Å². The summed E-state index contributed by atoms with van der Waals surface area (Å²) in [5, 5.41) is 5.58. The fraction of sp³-hybridized carbons (Fsp3) is 0.176. The summed E-state index contributed by atoms with van der Waals surface area (Å²) in [6, 6.07) is 8.62. The lowest BCUT2D eigenvalue weighted by Gasteiger charge is -2.12. The highest BCUT2D eigenvalue weighted by Crippen LogP contribution is 2.38. The fourth-order valence-electron chi connectivity index (χ4n) is 2.68. The Bertz CT molecular complexity index is 937. The van der Waals surface area contributed by atoms with E-state index in [4.69, 9.17) is 0 Å². The number of hydrogen-bond acceptors (Lipinski definition) is 4. The number of para-hydroxylation sites is 1. The number of nitrogens with zero attached hydrogens (tertiary/aromatic N) is 3. The van der Waals surface area contributed by atoms with Gasteiger partial charge in [0, 0.05) is 41.7 Å². The van der Waals surface area contributed by atoms with Crippen molar-refractivity contribution in [3.63, 3.8) is 0 Å². The van der Waals surface area contributed by atoms with Crippen molar-refractivity contribution in [3.8, 4) is 10.7 Å². The second-order valence-electron chi connectivity index (χ2n) is 5.41. The first-order chi connectivity index (χ1) is 11.2. The zero-order valence-electron chi connectivity index (χ0n) is 12.9. The van der Waals surface area contributed by atoms with Gasteiger partial charge >= 0.3 is 0 Å². The number of thiazole rings is 1. The van der Waals surface area contributed by atoms with Crippen LogP contribution in [0.15, 0.2) is 53.4 Å². The zero-order chi connectivity index (χ0) is 15.8. The predicted octanol–water partition coefficient (Wildman–Crippen LogP) is 4.88. The Kier molecular flexibility index (Phi) is 3.71. The first-order valence-electron chi connectivity index (χ1n) is 7.38. The molecule has 1 aromatic carbocycles. The zero-order valence-corrected chi connectivity index (χ0v) is 14.5. The molecule has 1 N–H and O–H groups in total. The Labute approximate surface area is 142 Å². The van der Waals surface area contributed by atoms with Crippen LogP contribution < -0.4 is 0 Å². The quantitative estimate of drug-likeness (QED) is 0.539. The van der Waals surface area contributed by atoms with Crippen molar-refractivity contribution in [1.82, 2.24) is 19.5 Å². The smallest absolute Gasteiger partial charge is 0.168 e. The van der Waals surface area contributed by atoms with Gasteiger partial charge < -0.3 is 9.55 Å². The van der Waals surface area contributed by atoms with Crippen LogP contribution in [0.3, 0.4) is 0 Å². The van der Waals surface area contributed by atoms with Crippen molar-refractivity contribution in [2.75, 3.05) is 0 Å². The summed E-state index contributed by atoms with van der Waals surface area (Å²) in [5.41, 5.74) is 3.56. The number of H-pyrrole nitrogens is 1. The van der Waals surface area contributed by atoms with Gasteiger partial charge in [-0.15, -0.1) is 11.3 Å². The minimum atomic E-state index is 0.308. The third-order valence-electron chi connectivity index (χ3n) is 3.85. The summed E-state index contributed by atoms with van der Waals surface area (Å²) in [6.07, 6.45) is 5.65. The number of aromatic nitrogens is 4. The molecule has 1 unspecified atom stereocenters. The van der Waals surface area contributed by atoms with Crippen LogP contribution in [0.2, 0.25) is 0 Å². The van der Waals surface area contributed by atoms with Crippen LogP contribution in [0.5, 0.6) is 0 Å². The van der Waals surface area contributed by atoms with Crippen molar-refractivity contribution in [1.29, 1.82) is 0 Å². The molecule has 0 saturated heterocycles. The Balaban J connectivity index is 1.73. The number of aromatic amines is 1. The van der Waals surface area contributed by atoms with E-state index in [0.29, 0.717) is 5.25 Å². The molecule has 4 aromatic rings. The van der Waals surface area contributed by atoms with E-state index in [0.717, 1.165) is 15.9 Å². The minimum absolute atomic E-state index is 0.308. The molecule has 3 heterocycles. The summed E-state index contributed by atoms with van der Waals surface area (Å²) < 4.78 is 2.05. The van der Waals surface area contributed by atoms with Crippen molar-refractivity contribution in [2.45, 2.75) is 17.3 Å². The van der Waals surface area contributed by atoms with Gasteiger partial charge in [-0.1, -0.05) is 30.0 Å². The normalized spacial score (nSPS) is 12.8. The summed E-state index contributed by atoms with van der Waals surface area (Å²) in [5.74, 6) is 0. The van der Waals surface area contributed by atoms with E-state index < -0.39 is 0 Å². The number of imidazole rings is 1. The van der Waals surface area contributed by atoms with Gasteiger partial charge in [0.15, 0.2) is 5.16 Å². The lowest BCUT2D eigenvalue weighted by molar-refractivity contribution is 0.786. The van der Waals surface area contributed by atoms with Crippen LogP contribution in [-0.4, -0.2) is 19.5 Å². The lowest BCUT2D eigenvalue weighted by Crippen LogP contribution is -1.95. The summed E-state index contributed by atoms with van der Waals surface area (Å²) in [7, 11) is 2.03. The average Bonchev–Trinajstić information content (AvgIpc) is 3.26. The van der Waals surface area contributed by atoms with Crippen molar-refractivity contribution in [2.24, 2.45) is 7.05 Å². The number of benzene rings is 1. The van der Waals surface area contributed by atoms with Crippen molar-refractivity contribution < 1.29 is 0 Å². The fourth-order valence-corrected chi connectivity index (χ4v) is 4.27. The molecular weight excluding hydrogens is 324 g/mol. The van der Waals surface area contributed by atoms with Gasteiger partial charge in [-0.05, 0) is 18.6 Å². The number of fused-ring (bicyclic) bond motifs is 1. The van der Waals surface area contributed by atoms with Crippen LogP contribution in [-0.2, 0) is 7.05 Å². The van der Waals surface area contributed by atoms with Gasteiger partial charge in [-0.25, -0.2) is 9.97 Å². The number of aryl methyl sites for hydroxylation is 1. The van der Waals surface area contributed by atoms with Crippen LogP contribution in [0.4, 0.5) is 0 Å². The molecule has 4 rings (SSSR count). The molecule has 1 atom stereocenters. The maximum atomic E-state index is 4.41. The van der Waals surface area contributed by atoms with Gasteiger partial charge in [0.25, 0.3) is 0 Å². The number of thioether (sulfide) groups is 1. The topological polar surface area (TPSA) is 46.5 Å². The van der Waals surface area contributed by atoms with E-state index in [9.17, 15) is 0 Å². The highest BCUT2D eigenvalue weighted by atomic mass is 32.2. The van der Waals surface area contributed by atoms with Crippen LogP contribution in [0.25, 0.3) is 21.6 Å². The van der Waals surface area contributed by atoms with Crippen LogP contribution in [0, 0.1) is 0 Å². The Hall–Kier alpha value is -2.05. The molecule has 6 heteroatoms. The number of rotatable bonds is 4. The standard InChI is InChI=1S/C17H16N4S2/c1-11(23-17-19-6-8-21(17)2)13-5-3-4-12-10-14(20-15(12)13)16-18-7-9-22-16/h3-11,20H,1-2H3. The summed E-state index contributed by atoms with van der Waals surface area (Å²) in [6.45, 7) is 2.22. The molecule has 0 fully saturated rings. The monoisotopic (exact) mass is 340 g/mol. The van der Waals surface area contributed by atoms with E-state index in [1.54, 1.807) is 23.1 Å². The van der Waals surface area contributed by atoms with Crippen molar-refractivity contribution >= 4 is 34.0 Å². The molecule has 4 nitrogen and oxygen atoms in total. The lowest BCUT2D eigenvalue weighted by atomic mass is 10.1. The van der Waals surface area contributed by atoms with Gasteiger partial charge in [0.1, 0.15) is 5.01 Å². The average molecular weight is 340 g/mol. The summed E-state index contributed by atoms with van der Waals surface area (Å²) >= 11 is 3.42. The van der Waals surface area contributed by atoms with E-state index >= 15 is 0 Å². The van der Waals surface area contributed by atoms with Crippen molar-refractivity contribution in [3.05, 3.63) is 53.8 Å². The molecule has 0 aliphatic carbocycles. The van der Waals surface area contributed by atoms with E-state index in [1.165, 1.54) is 16.5 Å². The number of hydrogen-bond donors (Lipinski definition) is 1. The molecule has 0 spiro atoms. The molecule has 0 radical (unpaired) electrons. The van der Waals surface area contributed by atoms with Gasteiger partial charge in [0.2, 0.25) is 0 Å². The van der Waals surface area contributed by atoms with Gasteiger partial charge in [0.05, 0.1) is 11.2 Å². The first kappa shape index (κ1) is 14.5. The summed E-state index contributed by atoms with van der Waals surface area (Å²) in [4.78, 5) is 12.4. The minimum Gasteiger partial charge on any atom is -0.352 e. The SMILES string of the molecule is CC(Sc1nccn1C)c1cccc2cc(-c3nccs3)[nH]c12. The molecule has 3 aromatic heterocycles. The molecule has 0 bridgehead atoms. The maximum absolute atomic E-state index is 4.41. The van der Waals surface area contributed by atoms with Gasteiger partial charge in [-0.3, -0.25) is 0 Å². The molecule has 23 heavy (non-hydrogen) atoms. The maximum Gasteiger partial charge on any atom is 0.168 e. The molecule has 0 amide bonds. The van der Waals surface area contributed by atoms with Gasteiger partial charge in [-0.2, -0.15) is 0 Å². The highest BCUT2D eigenvalue weighted by Gasteiger charge is 2.15. The second-order valence-corrected chi connectivity index (χ2v) is 7.62. The van der Waals surface area contributed by atoms with Crippen LogP contribution in [0.1, 0.15) is 17.7 Å². The van der Waals surface area contributed by atoms with Crippen LogP contribution >= 0.6 is 23.1 Å². The Morgan fingerprint density at radius 2 is 2.17 bits per heavy atom. The molecule has 0 aliphatic heterocycles. The van der Waals surface area contributed by atoms with E-state index in [-0.39, 0.29) is 0 Å². The number of nitrogens with one attached hydrogen (secondary N) is 1.